The van der Waals surface area contributed by atoms with Crippen molar-refractivity contribution in [3.63, 3.8) is 0 Å². The van der Waals surface area contributed by atoms with E-state index < -0.39 is 0 Å². The minimum absolute atomic E-state index is 0.0434. The smallest absolute Gasteiger partial charge is 0.314 e. The second kappa shape index (κ2) is 11.3. The van der Waals surface area contributed by atoms with Gasteiger partial charge in [0.2, 0.25) is 0 Å². The molecule has 0 amide bonds. The maximum absolute atomic E-state index is 12.4. The molecule has 2 heteroatoms. The molecule has 2 nitrogen and oxygen atoms in total. The van der Waals surface area contributed by atoms with E-state index in [2.05, 4.69) is 37.5 Å². The van der Waals surface area contributed by atoms with Crippen LogP contribution in [0.3, 0.4) is 0 Å². The molecule has 1 aliphatic carbocycles. The lowest BCUT2D eigenvalue weighted by Crippen LogP contribution is -2.25. The lowest BCUT2D eigenvalue weighted by atomic mass is 9.81. The Balaban J connectivity index is 1.54. The lowest BCUT2D eigenvalue weighted by Gasteiger charge is -2.26. The van der Waals surface area contributed by atoms with Crippen LogP contribution in [0, 0.1) is 35.5 Å². The van der Waals surface area contributed by atoms with Gasteiger partial charge in [-0.3, -0.25) is 4.79 Å². The van der Waals surface area contributed by atoms with E-state index >= 15 is 0 Å². The van der Waals surface area contributed by atoms with Crippen molar-refractivity contribution in [2.75, 3.05) is 0 Å². The van der Waals surface area contributed by atoms with Crippen molar-refractivity contribution in [1.82, 2.24) is 0 Å². The summed E-state index contributed by atoms with van der Waals surface area (Å²) in [7, 11) is 0. The molecule has 2 aromatic carbocycles. The molecule has 0 spiro atoms. The molecule has 0 N–H and O–H groups in total. The molecule has 0 radical (unpaired) electrons. The quantitative estimate of drug-likeness (QED) is 0.340. The fraction of sp³-hybridized carbons (Fsp3) is 0.393. The first-order valence-corrected chi connectivity index (χ1v) is 11.1. The number of carbonyl (C=O) groups is 1. The van der Waals surface area contributed by atoms with Crippen LogP contribution < -0.4 is 4.74 Å². The summed E-state index contributed by atoms with van der Waals surface area (Å²) in [5.41, 5.74) is 2.86. The van der Waals surface area contributed by atoms with Gasteiger partial charge in [-0.25, -0.2) is 0 Å². The third-order valence-electron chi connectivity index (χ3n) is 5.67. The van der Waals surface area contributed by atoms with Crippen molar-refractivity contribution in [1.29, 1.82) is 0 Å². The van der Waals surface area contributed by atoms with E-state index in [1.54, 1.807) is 0 Å². The van der Waals surface area contributed by atoms with Gasteiger partial charge in [0.05, 0.1) is 5.92 Å². The molecule has 0 aliphatic heterocycles. The van der Waals surface area contributed by atoms with Gasteiger partial charge in [-0.2, -0.15) is 0 Å². The average molecular weight is 399 g/mol. The van der Waals surface area contributed by atoms with Crippen molar-refractivity contribution in [2.24, 2.45) is 11.8 Å². The van der Waals surface area contributed by atoms with E-state index in [-0.39, 0.29) is 11.9 Å². The summed E-state index contributed by atoms with van der Waals surface area (Å²) in [5.74, 6) is 14.0. The summed E-state index contributed by atoms with van der Waals surface area (Å²) in [6, 6.07) is 15.4. The molecule has 0 saturated heterocycles. The zero-order valence-corrected chi connectivity index (χ0v) is 18.0. The van der Waals surface area contributed by atoms with Crippen LogP contribution >= 0.6 is 0 Å². The number of benzene rings is 2. The fourth-order valence-electron chi connectivity index (χ4n) is 3.68. The van der Waals surface area contributed by atoms with Gasteiger partial charge in [0.1, 0.15) is 5.75 Å². The highest BCUT2D eigenvalue weighted by Crippen LogP contribution is 2.31. The van der Waals surface area contributed by atoms with Crippen LogP contribution in [-0.4, -0.2) is 5.97 Å². The van der Waals surface area contributed by atoms with Crippen molar-refractivity contribution in [2.45, 2.75) is 58.8 Å². The van der Waals surface area contributed by atoms with Gasteiger partial charge < -0.3 is 4.74 Å². The van der Waals surface area contributed by atoms with Crippen LogP contribution in [-0.2, 0) is 4.79 Å². The Labute approximate surface area is 181 Å². The molecule has 0 aromatic heterocycles. The van der Waals surface area contributed by atoms with Crippen LogP contribution in [0.15, 0.2) is 48.5 Å². The van der Waals surface area contributed by atoms with Crippen LogP contribution in [0.25, 0.3) is 0 Å². The molecule has 0 heterocycles. The molecule has 0 bridgehead atoms. The normalized spacial score (nSPS) is 17.8. The van der Waals surface area contributed by atoms with E-state index in [4.69, 9.17) is 4.74 Å². The number of esters is 1. The Bertz CT molecular complexity index is 938. The Hall–Kier alpha value is -2.97. The second-order valence-electron chi connectivity index (χ2n) is 7.95. The van der Waals surface area contributed by atoms with Crippen molar-refractivity contribution in [3.8, 4) is 29.4 Å². The van der Waals surface area contributed by atoms with Gasteiger partial charge in [0, 0.05) is 23.1 Å². The van der Waals surface area contributed by atoms with E-state index in [0.29, 0.717) is 5.75 Å². The highest BCUT2D eigenvalue weighted by atomic mass is 16.5. The molecule has 30 heavy (non-hydrogen) atoms. The molecule has 154 valence electrons. The van der Waals surface area contributed by atoms with Crippen LogP contribution in [0.5, 0.6) is 5.75 Å². The van der Waals surface area contributed by atoms with Gasteiger partial charge in [0.25, 0.3) is 0 Å². The van der Waals surface area contributed by atoms with Gasteiger partial charge in [-0.1, -0.05) is 44.0 Å². The van der Waals surface area contributed by atoms with E-state index in [1.807, 2.05) is 48.5 Å². The summed E-state index contributed by atoms with van der Waals surface area (Å²) in [6.45, 7) is 4.36. The molecule has 1 aliphatic rings. The number of rotatable bonds is 4. The Morgan fingerprint density at radius 1 is 0.833 bits per heavy atom. The zero-order chi connectivity index (χ0) is 21.2. The Morgan fingerprint density at radius 2 is 1.37 bits per heavy atom. The standard InChI is InChI=1S/C28H30O2/c1-3-5-6-7-23-8-10-24(11-9-23)12-13-25-16-20-27(21-17-25)30-28(29)26-18-14-22(4-2)15-19-26/h8-11,16-17,20-22,26H,3-5,14-15,18-19H2,1-2H3. The summed E-state index contributed by atoms with van der Waals surface area (Å²) >= 11 is 0. The van der Waals surface area contributed by atoms with Crippen LogP contribution in [0.4, 0.5) is 0 Å². The molecule has 0 unspecified atom stereocenters. The van der Waals surface area contributed by atoms with Gasteiger partial charge >= 0.3 is 5.97 Å². The second-order valence-corrected chi connectivity index (χ2v) is 7.95. The number of hydrogen-bond donors (Lipinski definition) is 0. The highest BCUT2D eigenvalue weighted by Gasteiger charge is 2.26. The lowest BCUT2D eigenvalue weighted by molar-refractivity contribution is -0.140. The largest absolute Gasteiger partial charge is 0.426 e. The summed E-state index contributed by atoms with van der Waals surface area (Å²) in [5, 5.41) is 0. The van der Waals surface area contributed by atoms with Crippen LogP contribution in [0.2, 0.25) is 0 Å². The van der Waals surface area contributed by atoms with E-state index in [1.165, 1.54) is 6.42 Å². The predicted octanol–water partition coefficient (Wildman–Crippen LogP) is 6.36. The first-order valence-electron chi connectivity index (χ1n) is 11.1. The number of unbranched alkanes of at least 4 members (excludes halogenated alkanes) is 1. The van der Waals surface area contributed by atoms with Crippen molar-refractivity contribution in [3.05, 3.63) is 65.2 Å². The number of carbonyl (C=O) groups excluding carboxylic acids is 1. The SMILES string of the molecule is CCCC#Cc1ccc(C#Cc2ccc(OC(=O)C3CCC(CC)CC3)cc2)cc1. The minimum Gasteiger partial charge on any atom is -0.426 e. The first kappa shape index (κ1) is 21.7. The average Bonchev–Trinajstić information content (AvgIpc) is 2.79. The molecule has 0 atom stereocenters. The van der Waals surface area contributed by atoms with E-state index in [9.17, 15) is 4.79 Å². The summed E-state index contributed by atoms with van der Waals surface area (Å²) in [6.07, 6.45) is 7.38. The summed E-state index contributed by atoms with van der Waals surface area (Å²) < 4.78 is 5.59. The van der Waals surface area contributed by atoms with Crippen molar-refractivity contribution >= 4 is 5.97 Å². The van der Waals surface area contributed by atoms with Gasteiger partial charge in [-0.15, -0.1) is 0 Å². The highest BCUT2D eigenvalue weighted by molar-refractivity contribution is 5.75. The minimum atomic E-state index is -0.0921. The molecule has 2 aromatic rings. The maximum atomic E-state index is 12.4. The third kappa shape index (κ3) is 6.53. The van der Waals surface area contributed by atoms with Crippen molar-refractivity contribution < 1.29 is 9.53 Å². The molecule has 1 fully saturated rings. The van der Waals surface area contributed by atoms with Crippen LogP contribution in [0.1, 0.15) is 75.5 Å². The number of ether oxygens (including phenoxy) is 1. The molecular weight excluding hydrogens is 368 g/mol. The number of hydrogen-bond acceptors (Lipinski definition) is 2. The predicted molar refractivity (Wildman–Crippen MR) is 122 cm³/mol. The van der Waals surface area contributed by atoms with E-state index in [0.717, 1.165) is 61.1 Å². The molecular formula is C28H30O2. The monoisotopic (exact) mass is 398 g/mol. The Morgan fingerprint density at radius 3 is 1.90 bits per heavy atom. The topological polar surface area (TPSA) is 26.3 Å². The first-order chi connectivity index (χ1) is 14.7. The summed E-state index contributed by atoms with van der Waals surface area (Å²) in [4.78, 5) is 12.4. The molecule has 3 rings (SSSR count). The maximum Gasteiger partial charge on any atom is 0.314 e. The zero-order valence-electron chi connectivity index (χ0n) is 18.0. The Kier molecular flexibility index (Phi) is 8.17. The van der Waals surface area contributed by atoms with Gasteiger partial charge in [-0.05, 0) is 86.6 Å². The molecule has 1 saturated carbocycles. The fourth-order valence-corrected chi connectivity index (χ4v) is 3.68. The van der Waals surface area contributed by atoms with Gasteiger partial charge in [0.15, 0.2) is 0 Å². The third-order valence-corrected chi connectivity index (χ3v) is 5.67.